The topological polar surface area (TPSA) is 115 Å². The number of carbonyl (C=O) groups is 1. The van der Waals surface area contributed by atoms with E-state index in [0.29, 0.717) is 24.8 Å². The Morgan fingerprint density at radius 3 is 2.57 bits per heavy atom. The maximum absolute atomic E-state index is 13.5. The number of carbonyl (C=O) groups excluding carboxylic acids is 1. The van der Waals surface area contributed by atoms with Crippen LogP contribution in [0.15, 0.2) is 91.0 Å². The first kappa shape index (κ1) is 30.2. The second kappa shape index (κ2) is 13.4. The Balaban J connectivity index is 0.000000291. The number of rotatable bonds is 9. The van der Waals surface area contributed by atoms with E-state index in [1.165, 1.54) is 28.9 Å². The first-order valence-corrected chi connectivity index (χ1v) is 13.8. The highest BCUT2D eigenvalue weighted by Crippen LogP contribution is 2.45. The molecule has 0 saturated carbocycles. The summed E-state index contributed by atoms with van der Waals surface area (Å²) in [6, 6.07) is 26.7. The lowest BCUT2D eigenvalue weighted by atomic mass is 10.2. The number of hydrogen-bond acceptors (Lipinski definition) is 7. The smallest absolute Gasteiger partial charge is 0.482 e. The van der Waals surface area contributed by atoms with Gasteiger partial charge in [0.2, 0.25) is 5.88 Å². The minimum absolute atomic E-state index is 0.0654. The third-order valence-electron chi connectivity index (χ3n) is 6.44. The van der Waals surface area contributed by atoms with Gasteiger partial charge in [-0.15, -0.1) is 13.9 Å². The summed E-state index contributed by atoms with van der Waals surface area (Å²) in [5.41, 5.74) is 9.37. The van der Waals surface area contributed by atoms with E-state index in [1.807, 2.05) is 79.7 Å². The molecule has 228 valence electrons. The maximum atomic E-state index is 13.5. The minimum Gasteiger partial charge on any atom is -0.482 e. The van der Waals surface area contributed by atoms with Gasteiger partial charge in [-0.25, -0.2) is 0 Å². The van der Waals surface area contributed by atoms with Crippen molar-refractivity contribution in [3.05, 3.63) is 108 Å². The Kier molecular flexibility index (Phi) is 9.20. The van der Waals surface area contributed by atoms with E-state index in [0.717, 1.165) is 29.4 Å². The fraction of sp³-hybridized carbons (Fsp3) is 0.219. The van der Waals surface area contributed by atoms with Gasteiger partial charge in [0.1, 0.15) is 5.69 Å². The number of aromatic nitrogens is 3. The molecule has 3 aromatic carbocycles. The number of nitrogens with one attached hydrogen (secondary N) is 2. The molecule has 5 aromatic rings. The number of benzene rings is 3. The third kappa shape index (κ3) is 7.78. The Bertz CT molecular complexity index is 1730. The largest absolute Gasteiger partial charge is 0.586 e. The van der Waals surface area contributed by atoms with Crippen molar-refractivity contribution >= 4 is 28.3 Å². The van der Waals surface area contributed by atoms with Gasteiger partial charge in [-0.05, 0) is 49.1 Å². The minimum atomic E-state index is -3.79. The van der Waals surface area contributed by atoms with Gasteiger partial charge in [0, 0.05) is 12.6 Å². The molecule has 0 atom stereocenters. The van der Waals surface area contributed by atoms with Crippen LogP contribution in [0, 0.1) is 0 Å². The summed E-state index contributed by atoms with van der Waals surface area (Å²) in [5, 5.41) is 8.13. The highest BCUT2D eigenvalue weighted by atomic mass is 19.3. The molecule has 1 amide bonds. The second-order valence-electron chi connectivity index (χ2n) is 10.2. The van der Waals surface area contributed by atoms with Gasteiger partial charge in [0.15, 0.2) is 11.5 Å². The normalized spacial score (nSPS) is 12.9. The van der Waals surface area contributed by atoms with Gasteiger partial charge < -0.3 is 35.1 Å². The van der Waals surface area contributed by atoms with Crippen molar-refractivity contribution in [2.45, 2.75) is 19.3 Å². The van der Waals surface area contributed by atoms with Crippen molar-refractivity contribution in [3.63, 3.8) is 0 Å². The van der Waals surface area contributed by atoms with Gasteiger partial charge in [-0.3, -0.25) is 9.48 Å². The van der Waals surface area contributed by atoms with Gasteiger partial charge in [-0.1, -0.05) is 78.6 Å². The van der Waals surface area contributed by atoms with E-state index in [4.69, 9.17) is 10.5 Å². The summed E-state index contributed by atoms with van der Waals surface area (Å²) in [6.45, 7) is 1.62. The Morgan fingerprint density at radius 2 is 1.77 bits per heavy atom. The summed E-state index contributed by atoms with van der Waals surface area (Å²) in [7, 11) is 3.95. The van der Waals surface area contributed by atoms with Crippen molar-refractivity contribution in [2.75, 3.05) is 32.6 Å². The van der Waals surface area contributed by atoms with Crippen LogP contribution >= 0.6 is 0 Å². The summed E-state index contributed by atoms with van der Waals surface area (Å²) in [5.74, 6) is -0.303. The molecule has 1 aliphatic heterocycles. The fourth-order valence-corrected chi connectivity index (χ4v) is 4.40. The average molecular weight is 602 g/mol. The van der Waals surface area contributed by atoms with Crippen LogP contribution < -0.4 is 19.5 Å². The molecule has 3 heterocycles. The van der Waals surface area contributed by atoms with Crippen LogP contribution in [-0.4, -0.2) is 59.1 Å². The van der Waals surface area contributed by atoms with Gasteiger partial charge in [0.05, 0.1) is 18.8 Å². The number of amides is 1. The molecule has 2 N–H and O–H groups in total. The molecule has 6 rings (SSSR count). The molecular formula is C32H31F2N6O4-. The van der Waals surface area contributed by atoms with Crippen molar-refractivity contribution in [1.29, 1.82) is 0 Å². The number of hydrogen-bond donors (Lipinski definition) is 1. The highest BCUT2D eigenvalue weighted by Gasteiger charge is 2.44. The van der Waals surface area contributed by atoms with Crippen molar-refractivity contribution < 1.29 is 27.8 Å². The first-order valence-electron chi connectivity index (χ1n) is 13.8. The molecule has 0 fully saturated rings. The van der Waals surface area contributed by atoms with Crippen LogP contribution in [0.2, 0.25) is 0 Å². The van der Waals surface area contributed by atoms with Crippen molar-refractivity contribution in [2.24, 2.45) is 0 Å². The SMILES string of the molecule is CN(C)CCCOc1cc(C(=O)Nc2cccc3c2OC(F)(F)O3)n(Cc2ccccc2)n1.[NH-]c1ccc2ccccc2n1. The zero-order valence-electron chi connectivity index (χ0n) is 24.2. The number of halogens is 2. The molecule has 0 unspecified atom stereocenters. The molecule has 0 bridgehead atoms. The number of ether oxygens (including phenoxy) is 3. The lowest BCUT2D eigenvalue weighted by Crippen LogP contribution is -2.26. The Labute approximate surface area is 253 Å². The van der Waals surface area contributed by atoms with Crippen LogP contribution in [-0.2, 0) is 6.54 Å². The number of fused-ring (bicyclic) bond motifs is 2. The monoisotopic (exact) mass is 601 g/mol. The maximum Gasteiger partial charge on any atom is 0.586 e. The van der Waals surface area contributed by atoms with E-state index in [-0.39, 0.29) is 22.9 Å². The highest BCUT2D eigenvalue weighted by molar-refractivity contribution is 6.04. The molecule has 0 aliphatic carbocycles. The van der Waals surface area contributed by atoms with E-state index < -0.39 is 12.2 Å². The van der Waals surface area contributed by atoms with E-state index in [9.17, 15) is 13.6 Å². The number of pyridine rings is 1. The van der Waals surface area contributed by atoms with Crippen LogP contribution in [0.25, 0.3) is 16.6 Å². The Morgan fingerprint density at radius 1 is 1.00 bits per heavy atom. The molecule has 44 heavy (non-hydrogen) atoms. The van der Waals surface area contributed by atoms with Crippen LogP contribution in [0.3, 0.4) is 0 Å². The van der Waals surface area contributed by atoms with E-state index in [1.54, 1.807) is 6.07 Å². The zero-order chi connectivity index (χ0) is 31.1. The molecular weight excluding hydrogens is 570 g/mol. The molecule has 0 radical (unpaired) electrons. The summed E-state index contributed by atoms with van der Waals surface area (Å²) >= 11 is 0. The molecule has 2 aromatic heterocycles. The Hall–Kier alpha value is -5.23. The predicted molar refractivity (Wildman–Crippen MR) is 163 cm³/mol. The lowest BCUT2D eigenvalue weighted by Gasteiger charge is -2.10. The lowest BCUT2D eigenvalue weighted by molar-refractivity contribution is -0.286. The third-order valence-corrected chi connectivity index (χ3v) is 6.44. The van der Waals surface area contributed by atoms with Crippen LogP contribution in [0.4, 0.5) is 20.3 Å². The van der Waals surface area contributed by atoms with Gasteiger partial charge >= 0.3 is 6.29 Å². The summed E-state index contributed by atoms with van der Waals surface area (Å²) < 4.78 is 43.2. The van der Waals surface area contributed by atoms with Gasteiger partial charge in [0.25, 0.3) is 5.91 Å². The zero-order valence-corrected chi connectivity index (χ0v) is 24.2. The number of anilines is 1. The first-order chi connectivity index (χ1) is 21.2. The second-order valence-corrected chi connectivity index (χ2v) is 10.2. The quantitative estimate of drug-likeness (QED) is 0.186. The number of alkyl halides is 2. The van der Waals surface area contributed by atoms with E-state index >= 15 is 0 Å². The van der Waals surface area contributed by atoms with Crippen molar-refractivity contribution in [3.8, 4) is 17.4 Å². The van der Waals surface area contributed by atoms with Crippen LogP contribution in [0.5, 0.6) is 17.4 Å². The van der Waals surface area contributed by atoms with Gasteiger partial charge in [-0.2, -0.15) is 0 Å². The summed E-state index contributed by atoms with van der Waals surface area (Å²) in [6.07, 6.45) is -2.99. The summed E-state index contributed by atoms with van der Waals surface area (Å²) in [4.78, 5) is 19.2. The molecule has 12 heteroatoms. The van der Waals surface area contributed by atoms with Crippen molar-refractivity contribution in [1.82, 2.24) is 19.7 Å². The molecule has 0 saturated heterocycles. The standard InChI is InChI=1S/C23H24F2N4O4.C9H7N2/c1-28(2)12-7-13-31-20-14-18(29(27-20)15-16-8-4-3-5-9-16)22(30)26-17-10-6-11-19-21(17)33-23(24,25)32-19;10-9-6-5-7-3-1-2-4-8(7)11-9/h3-6,8-11,14H,7,12-13,15H2,1-2H3,(H,26,30);1-6H,(H-,10,11)/q;-1. The molecule has 10 nitrogen and oxygen atoms in total. The predicted octanol–water partition coefficient (Wildman–Crippen LogP) is 6.75. The average Bonchev–Trinajstić information content (AvgIpc) is 3.55. The number of para-hydroxylation sites is 2. The fourth-order valence-electron chi connectivity index (χ4n) is 4.40. The number of nitrogens with zero attached hydrogens (tertiary/aromatic N) is 4. The van der Waals surface area contributed by atoms with Crippen LogP contribution in [0.1, 0.15) is 22.5 Å². The molecule has 1 aliphatic rings. The molecule has 0 spiro atoms. The van der Waals surface area contributed by atoms with E-state index in [2.05, 4.69) is 24.9 Å².